The van der Waals surface area contributed by atoms with Crippen molar-refractivity contribution in [2.24, 2.45) is 0 Å². The average molecular weight is 266 g/mol. The van der Waals surface area contributed by atoms with Crippen LogP contribution in [0, 0.1) is 0 Å². The highest BCUT2D eigenvalue weighted by atomic mass is 79.9. The topological polar surface area (TPSA) is 47.8 Å². The highest BCUT2D eigenvalue weighted by Gasteiger charge is 1.98. The highest BCUT2D eigenvalue weighted by molar-refractivity contribution is 9.10. The summed E-state index contributed by atoms with van der Waals surface area (Å²) in [5.74, 6) is 0. The first-order valence-corrected chi connectivity index (χ1v) is 5.17. The van der Waals surface area contributed by atoms with Crippen LogP contribution in [-0.4, -0.2) is 14.5 Å². The third-order valence-corrected chi connectivity index (χ3v) is 2.34. The Bertz CT molecular complexity index is 524. The van der Waals surface area contributed by atoms with E-state index in [-0.39, 0.29) is 5.56 Å². The Kier molecular flexibility index (Phi) is 2.91. The number of hydrogen-bond donors (Lipinski definition) is 0. The van der Waals surface area contributed by atoms with Gasteiger partial charge in [-0.1, -0.05) is 6.07 Å². The lowest BCUT2D eigenvalue weighted by molar-refractivity contribution is 0.717. The molecule has 0 aliphatic rings. The zero-order chi connectivity index (χ0) is 10.7. The first kappa shape index (κ1) is 10.0. The summed E-state index contributed by atoms with van der Waals surface area (Å²) in [4.78, 5) is 19.5. The number of nitrogens with zero attached hydrogens (tertiary/aromatic N) is 3. The summed E-state index contributed by atoms with van der Waals surface area (Å²) in [5, 5.41) is 0. The molecule has 5 heteroatoms. The zero-order valence-electron chi connectivity index (χ0n) is 7.80. The van der Waals surface area contributed by atoms with Crippen LogP contribution in [0.2, 0.25) is 0 Å². The standard InChI is InChI=1S/C10H8BrN3O/c11-9-3-1-2-8(13-9)6-14-7-12-5-4-10(14)15/h1-5,7H,6H2. The minimum Gasteiger partial charge on any atom is -0.293 e. The maximum Gasteiger partial charge on any atom is 0.253 e. The van der Waals surface area contributed by atoms with E-state index >= 15 is 0 Å². The summed E-state index contributed by atoms with van der Waals surface area (Å²) in [6, 6.07) is 7.02. The molecule has 0 saturated carbocycles. The molecule has 76 valence electrons. The molecule has 4 nitrogen and oxygen atoms in total. The molecule has 0 amide bonds. The Morgan fingerprint density at radius 1 is 1.33 bits per heavy atom. The SMILES string of the molecule is O=c1ccncn1Cc1cccc(Br)n1. The molecule has 0 aromatic carbocycles. The fourth-order valence-electron chi connectivity index (χ4n) is 1.21. The van der Waals surface area contributed by atoms with Gasteiger partial charge >= 0.3 is 0 Å². The fraction of sp³-hybridized carbons (Fsp3) is 0.100. The molecule has 2 aromatic heterocycles. The molecule has 0 aliphatic carbocycles. The quantitative estimate of drug-likeness (QED) is 0.773. The molecule has 0 spiro atoms. The number of halogens is 1. The van der Waals surface area contributed by atoms with Crippen LogP contribution in [0.4, 0.5) is 0 Å². The van der Waals surface area contributed by atoms with E-state index in [4.69, 9.17) is 0 Å². The minimum absolute atomic E-state index is 0.0771. The van der Waals surface area contributed by atoms with Gasteiger partial charge in [-0.2, -0.15) is 0 Å². The predicted octanol–water partition coefficient (Wildman–Crippen LogP) is 1.45. The Hall–Kier alpha value is -1.49. The third kappa shape index (κ3) is 2.50. The van der Waals surface area contributed by atoms with E-state index in [9.17, 15) is 4.79 Å². The van der Waals surface area contributed by atoms with Crippen molar-refractivity contribution in [3.8, 4) is 0 Å². The van der Waals surface area contributed by atoms with Crippen molar-refractivity contribution in [3.63, 3.8) is 0 Å². The Morgan fingerprint density at radius 2 is 2.20 bits per heavy atom. The first-order chi connectivity index (χ1) is 7.25. The van der Waals surface area contributed by atoms with Gasteiger partial charge in [-0.3, -0.25) is 9.36 Å². The van der Waals surface area contributed by atoms with Crippen LogP contribution in [0.3, 0.4) is 0 Å². The van der Waals surface area contributed by atoms with Crippen molar-refractivity contribution >= 4 is 15.9 Å². The van der Waals surface area contributed by atoms with Crippen molar-refractivity contribution < 1.29 is 0 Å². The lowest BCUT2D eigenvalue weighted by atomic mass is 10.3. The molecule has 0 bridgehead atoms. The monoisotopic (exact) mass is 265 g/mol. The van der Waals surface area contributed by atoms with E-state index < -0.39 is 0 Å². The number of aromatic nitrogens is 3. The van der Waals surface area contributed by atoms with Gasteiger partial charge in [-0.15, -0.1) is 0 Å². The molecule has 0 fully saturated rings. The highest BCUT2D eigenvalue weighted by Crippen LogP contribution is 2.06. The molecule has 2 rings (SSSR count). The Balaban J connectivity index is 2.30. The van der Waals surface area contributed by atoms with Crippen molar-refractivity contribution in [2.75, 3.05) is 0 Å². The lowest BCUT2D eigenvalue weighted by Gasteiger charge is -2.03. The van der Waals surface area contributed by atoms with Crippen LogP contribution < -0.4 is 5.56 Å². The summed E-state index contributed by atoms with van der Waals surface area (Å²) < 4.78 is 2.27. The average Bonchev–Trinajstić information content (AvgIpc) is 2.22. The largest absolute Gasteiger partial charge is 0.293 e. The number of rotatable bonds is 2. The van der Waals surface area contributed by atoms with E-state index in [0.717, 1.165) is 10.3 Å². The van der Waals surface area contributed by atoms with Gasteiger partial charge in [0.25, 0.3) is 5.56 Å². The molecule has 0 atom stereocenters. The summed E-state index contributed by atoms with van der Waals surface area (Å²) in [6.45, 7) is 0.437. The maximum absolute atomic E-state index is 11.4. The van der Waals surface area contributed by atoms with Crippen LogP contribution >= 0.6 is 15.9 Å². The second-order valence-electron chi connectivity index (χ2n) is 3.00. The summed E-state index contributed by atoms with van der Waals surface area (Å²) >= 11 is 3.28. The van der Waals surface area contributed by atoms with Gasteiger partial charge in [0.05, 0.1) is 18.6 Å². The zero-order valence-corrected chi connectivity index (χ0v) is 9.39. The predicted molar refractivity (Wildman–Crippen MR) is 59.5 cm³/mol. The molecule has 2 aromatic rings. The lowest BCUT2D eigenvalue weighted by Crippen LogP contribution is -2.19. The van der Waals surface area contributed by atoms with E-state index in [1.807, 2.05) is 18.2 Å². The van der Waals surface area contributed by atoms with Gasteiger partial charge < -0.3 is 0 Å². The van der Waals surface area contributed by atoms with Gasteiger partial charge in [0.1, 0.15) is 4.60 Å². The van der Waals surface area contributed by atoms with Crippen LogP contribution in [0.1, 0.15) is 5.69 Å². The second-order valence-corrected chi connectivity index (χ2v) is 3.81. The van der Waals surface area contributed by atoms with Crippen molar-refractivity contribution in [2.45, 2.75) is 6.54 Å². The van der Waals surface area contributed by atoms with Gasteiger partial charge in [-0.05, 0) is 28.1 Å². The summed E-state index contributed by atoms with van der Waals surface area (Å²) in [7, 11) is 0. The fourth-order valence-corrected chi connectivity index (χ4v) is 1.59. The maximum atomic E-state index is 11.4. The number of hydrogen-bond acceptors (Lipinski definition) is 3. The Labute approximate surface area is 94.8 Å². The van der Waals surface area contributed by atoms with Crippen LogP contribution in [-0.2, 0) is 6.54 Å². The Morgan fingerprint density at radius 3 is 2.93 bits per heavy atom. The molecular weight excluding hydrogens is 258 g/mol. The summed E-state index contributed by atoms with van der Waals surface area (Å²) in [5.41, 5.74) is 0.742. The number of pyridine rings is 1. The molecule has 2 heterocycles. The van der Waals surface area contributed by atoms with Crippen LogP contribution in [0.15, 0.2) is 46.2 Å². The van der Waals surface area contributed by atoms with Crippen molar-refractivity contribution in [1.29, 1.82) is 0 Å². The molecule has 0 N–H and O–H groups in total. The van der Waals surface area contributed by atoms with Gasteiger partial charge in [0.15, 0.2) is 0 Å². The van der Waals surface area contributed by atoms with E-state index in [2.05, 4.69) is 25.9 Å². The normalized spacial score (nSPS) is 10.2. The molecule has 0 radical (unpaired) electrons. The molecule has 0 saturated heterocycles. The van der Waals surface area contributed by atoms with Crippen molar-refractivity contribution in [1.82, 2.24) is 14.5 Å². The smallest absolute Gasteiger partial charge is 0.253 e. The van der Waals surface area contributed by atoms with E-state index in [1.165, 1.54) is 23.2 Å². The van der Waals surface area contributed by atoms with Gasteiger partial charge in [-0.25, -0.2) is 9.97 Å². The summed E-state index contributed by atoms with van der Waals surface area (Å²) in [6.07, 6.45) is 2.98. The molecule has 15 heavy (non-hydrogen) atoms. The van der Waals surface area contributed by atoms with Crippen molar-refractivity contribution in [3.05, 3.63) is 57.4 Å². The van der Waals surface area contributed by atoms with Crippen LogP contribution in [0.25, 0.3) is 0 Å². The van der Waals surface area contributed by atoms with E-state index in [1.54, 1.807) is 0 Å². The molecule has 0 aliphatic heterocycles. The molecule has 0 unspecified atom stereocenters. The van der Waals surface area contributed by atoms with E-state index in [0.29, 0.717) is 6.54 Å². The minimum atomic E-state index is -0.0771. The van der Waals surface area contributed by atoms with Crippen LogP contribution in [0.5, 0.6) is 0 Å². The second kappa shape index (κ2) is 4.35. The van der Waals surface area contributed by atoms with Gasteiger partial charge in [0.2, 0.25) is 0 Å². The third-order valence-electron chi connectivity index (χ3n) is 1.90. The molecular formula is C10H8BrN3O. The first-order valence-electron chi connectivity index (χ1n) is 4.37. The van der Waals surface area contributed by atoms with Gasteiger partial charge in [0, 0.05) is 12.3 Å².